The zero-order valence-corrected chi connectivity index (χ0v) is 11.8. The van der Waals surface area contributed by atoms with Crippen molar-refractivity contribution in [3.8, 4) is 0 Å². The maximum atomic E-state index is 12.5. The molecule has 108 valence electrons. The Bertz CT molecular complexity index is 366. The van der Waals surface area contributed by atoms with Crippen molar-refractivity contribution in [2.45, 2.75) is 32.2 Å². The summed E-state index contributed by atoms with van der Waals surface area (Å²) in [6.07, 6.45) is 1.31. The van der Waals surface area contributed by atoms with Crippen LogP contribution in [0.25, 0.3) is 0 Å². The number of amides is 2. The number of nitrogens with zero attached hydrogens (tertiary/aromatic N) is 3. The summed E-state index contributed by atoms with van der Waals surface area (Å²) in [6, 6.07) is -0.113. The lowest BCUT2D eigenvalue weighted by Gasteiger charge is -2.39. The number of aliphatic carboxylic acids is 1. The Hall–Kier alpha value is -1.30. The fourth-order valence-corrected chi connectivity index (χ4v) is 2.92. The fraction of sp³-hybridized carbons (Fsp3) is 0.846. The quantitative estimate of drug-likeness (QED) is 0.801. The fourth-order valence-electron chi connectivity index (χ4n) is 2.92. The largest absolute Gasteiger partial charge is 0.480 e. The lowest BCUT2D eigenvalue weighted by atomic mass is 10.00. The monoisotopic (exact) mass is 269 g/mol. The minimum atomic E-state index is -1.03. The van der Waals surface area contributed by atoms with E-state index in [1.807, 2.05) is 0 Å². The third-order valence-corrected chi connectivity index (χ3v) is 4.42. The lowest BCUT2D eigenvalue weighted by Crippen LogP contribution is -2.58. The first-order valence-electron chi connectivity index (χ1n) is 7.01. The van der Waals surface area contributed by atoms with Crippen molar-refractivity contribution < 1.29 is 14.7 Å². The Labute approximate surface area is 114 Å². The van der Waals surface area contributed by atoms with E-state index in [1.54, 1.807) is 11.8 Å². The number of urea groups is 1. The first-order chi connectivity index (χ1) is 8.99. The van der Waals surface area contributed by atoms with E-state index in [2.05, 4.69) is 11.8 Å². The predicted molar refractivity (Wildman–Crippen MR) is 71.1 cm³/mol. The predicted octanol–water partition coefficient (Wildman–Crippen LogP) is 0.683. The number of carboxylic acid groups (broad SMARTS) is 1. The van der Waals surface area contributed by atoms with Gasteiger partial charge in [-0.15, -0.1) is 0 Å². The number of carbonyl (C=O) groups excluding carboxylic acids is 1. The van der Waals surface area contributed by atoms with Crippen LogP contribution in [0, 0.1) is 0 Å². The van der Waals surface area contributed by atoms with Gasteiger partial charge in [0.2, 0.25) is 0 Å². The lowest BCUT2D eigenvalue weighted by molar-refractivity contribution is -0.147. The van der Waals surface area contributed by atoms with Crippen molar-refractivity contribution in [3.63, 3.8) is 0 Å². The molecule has 0 aromatic heterocycles. The van der Waals surface area contributed by atoms with Crippen LogP contribution in [0.3, 0.4) is 0 Å². The third-order valence-electron chi connectivity index (χ3n) is 4.42. The van der Waals surface area contributed by atoms with Gasteiger partial charge >= 0.3 is 12.0 Å². The van der Waals surface area contributed by atoms with Crippen LogP contribution in [0.5, 0.6) is 0 Å². The van der Waals surface area contributed by atoms with Crippen LogP contribution >= 0.6 is 0 Å². The molecule has 6 nitrogen and oxygen atoms in total. The molecule has 0 bridgehead atoms. The van der Waals surface area contributed by atoms with Crippen LogP contribution in [-0.2, 0) is 4.79 Å². The molecule has 0 aromatic carbocycles. The molecule has 2 heterocycles. The normalized spacial score (nSPS) is 28.7. The minimum absolute atomic E-state index is 0.113. The number of hydrogen-bond donors (Lipinski definition) is 1. The number of likely N-dealkylation sites (N-methyl/N-ethyl adjacent to an activating group) is 1. The van der Waals surface area contributed by atoms with Gasteiger partial charge in [-0.1, -0.05) is 6.92 Å². The van der Waals surface area contributed by atoms with E-state index >= 15 is 0 Å². The molecule has 0 aliphatic carbocycles. The first-order valence-corrected chi connectivity index (χ1v) is 7.01. The molecule has 1 unspecified atom stereocenters. The van der Waals surface area contributed by atoms with Gasteiger partial charge in [-0.05, 0) is 26.3 Å². The molecular weight excluding hydrogens is 246 g/mol. The van der Waals surface area contributed by atoms with Gasteiger partial charge in [0.1, 0.15) is 5.54 Å². The maximum absolute atomic E-state index is 12.5. The Morgan fingerprint density at radius 1 is 1.16 bits per heavy atom. The highest BCUT2D eigenvalue weighted by Crippen LogP contribution is 2.30. The second kappa shape index (κ2) is 5.36. The second-order valence-corrected chi connectivity index (χ2v) is 5.54. The number of carbonyl (C=O) groups is 2. The van der Waals surface area contributed by atoms with Crippen molar-refractivity contribution in [1.29, 1.82) is 0 Å². The molecule has 1 N–H and O–H groups in total. The summed E-state index contributed by atoms with van der Waals surface area (Å²) < 4.78 is 0. The Morgan fingerprint density at radius 3 is 2.32 bits per heavy atom. The van der Waals surface area contributed by atoms with E-state index in [0.717, 1.165) is 26.1 Å². The number of carboxylic acids is 1. The van der Waals surface area contributed by atoms with Gasteiger partial charge in [0.15, 0.2) is 0 Å². The van der Waals surface area contributed by atoms with Gasteiger partial charge in [-0.25, -0.2) is 9.59 Å². The second-order valence-electron chi connectivity index (χ2n) is 5.54. The molecular formula is C13H23N3O3. The Morgan fingerprint density at radius 2 is 1.79 bits per heavy atom. The topological polar surface area (TPSA) is 64.1 Å². The van der Waals surface area contributed by atoms with Gasteiger partial charge in [-0.3, -0.25) is 0 Å². The summed E-state index contributed by atoms with van der Waals surface area (Å²) in [5.74, 6) is -0.898. The number of piperazine rings is 1. The summed E-state index contributed by atoms with van der Waals surface area (Å²) in [5.41, 5.74) is -1.03. The van der Waals surface area contributed by atoms with Crippen molar-refractivity contribution in [1.82, 2.24) is 14.7 Å². The molecule has 0 aromatic rings. The molecule has 2 rings (SSSR count). The minimum Gasteiger partial charge on any atom is -0.480 e. The van der Waals surface area contributed by atoms with E-state index in [4.69, 9.17) is 0 Å². The molecule has 2 aliphatic rings. The summed E-state index contributed by atoms with van der Waals surface area (Å²) >= 11 is 0. The van der Waals surface area contributed by atoms with E-state index in [0.29, 0.717) is 26.1 Å². The van der Waals surface area contributed by atoms with Crippen molar-refractivity contribution in [2.75, 3.05) is 39.3 Å². The summed E-state index contributed by atoms with van der Waals surface area (Å²) in [7, 11) is 0. The van der Waals surface area contributed by atoms with Gasteiger partial charge in [0.05, 0.1) is 0 Å². The zero-order valence-electron chi connectivity index (χ0n) is 11.8. The van der Waals surface area contributed by atoms with Crippen LogP contribution < -0.4 is 0 Å². The van der Waals surface area contributed by atoms with Gasteiger partial charge in [-0.2, -0.15) is 0 Å². The van der Waals surface area contributed by atoms with Crippen LogP contribution in [0.1, 0.15) is 26.7 Å². The van der Waals surface area contributed by atoms with Crippen LogP contribution in [0.2, 0.25) is 0 Å². The molecule has 2 fully saturated rings. The van der Waals surface area contributed by atoms with Crippen LogP contribution in [0.15, 0.2) is 0 Å². The van der Waals surface area contributed by atoms with Crippen LogP contribution in [0.4, 0.5) is 4.79 Å². The molecule has 1 atom stereocenters. The van der Waals surface area contributed by atoms with Gasteiger partial charge < -0.3 is 19.8 Å². The summed E-state index contributed by atoms with van der Waals surface area (Å²) in [4.78, 5) is 29.5. The highest BCUT2D eigenvalue weighted by Gasteiger charge is 2.47. The molecule has 0 radical (unpaired) electrons. The standard InChI is InChI=1S/C13H23N3O3/c1-3-14-7-9-15(10-8-14)12(19)16-6-4-5-13(16,2)11(17)18/h3-10H2,1-2H3,(H,17,18). The van der Waals surface area contributed by atoms with E-state index in [-0.39, 0.29) is 6.03 Å². The van der Waals surface area contributed by atoms with Crippen LogP contribution in [-0.4, -0.2) is 76.6 Å². The maximum Gasteiger partial charge on any atom is 0.329 e. The third kappa shape index (κ3) is 2.54. The molecule has 19 heavy (non-hydrogen) atoms. The Kier molecular flexibility index (Phi) is 3.99. The average Bonchev–Trinajstić information content (AvgIpc) is 2.81. The average molecular weight is 269 g/mol. The number of rotatable bonds is 2. The molecule has 2 saturated heterocycles. The Balaban J connectivity index is 2.02. The van der Waals surface area contributed by atoms with Crippen molar-refractivity contribution in [2.24, 2.45) is 0 Å². The summed E-state index contributed by atoms with van der Waals surface area (Å²) in [6.45, 7) is 8.45. The number of hydrogen-bond acceptors (Lipinski definition) is 3. The van der Waals surface area contributed by atoms with Crippen molar-refractivity contribution in [3.05, 3.63) is 0 Å². The highest BCUT2D eigenvalue weighted by molar-refractivity contribution is 5.86. The number of likely N-dealkylation sites (tertiary alicyclic amines) is 1. The first kappa shape index (κ1) is 14.1. The van der Waals surface area contributed by atoms with Gasteiger partial charge in [0, 0.05) is 32.7 Å². The van der Waals surface area contributed by atoms with Crippen molar-refractivity contribution >= 4 is 12.0 Å². The van der Waals surface area contributed by atoms with E-state index in [1.165, 1.54) is 4.90 Å². The van der Waals surface area contributed by atoms with E-state index < -0.39 is 11.5 Å². The van der Waals surface area contributed by atoms with E-state index in [9.17, 15) is 14.7 Å². The molecule has 0 saturated carbocycles. The zero-order chi connectivity index (χ0) is 14.0. The molecule has 0 spiro atoms. The molecule has 2 aliphatic heterocycles. The summed E-state index contributed by atoms with van der Waals surface area (Å²) in [5, 5.41) is 9.35. The SMILES string of the molecule is CCN1CCN(C(=O)N2CCCC2(C)C(=O)O)CC1. The molecule has 2 amide bonds. The van der Waals surface area contributed by atoms with Gasteiger partial charge in [0.25, 0.3) is 0 Å². The molecule has 6 heteroatoms. The smallest absolute Gasteiger partial charge is 0.329 e. The highest BCUT2D eigenvalue weighted by atomic mass is 16.4.